The van der Waals surface area contributed by atoms with Crippen LogP contribution in [0.5, 0.6) is 0 Å². The van der Waals surface area contributed by atoms with E-state index in [1.165, 1.54) is 64.2 Å². The predicted molar refractivity (Wildman–Crippen MR) is 95.5 cm³/mol. The maximum atomic E-state index is 10.2. The molecule has 3 nitrogen and oxygen atoms in total. The third-order valence-corrected chi connectivity index (χ3v) is 4.62. The molecular formula is C20H36O3. The van der Waals surface area contributed by atoms with Crippen molar-refractivity contribution < 1.29 is 14.3 Å². The topological polar surface area (TPSA) is 35.5 Å². The molecule has 1 saturated heterocycles. The number of carbonyl (C=O) groups excluding carboxylic acids is 1. The summed E-state index contributed by atoms with van der Waals surface area (Å²) in [6.45, 7) is 3.78. The molecule has 0 N–H and O–H groups in total. The second-order valence-corrected chi connectivity index (χ2v) is 6.64. The number of ether oxygens (including phenoxy) is 2. The number of hydrogen-bond donors (Lipinski definition) is 0. The van der Waals surface area contributed by atoms with Crippen LogP contribution in [0.4, 0.5) is 0 Å². The van der Waals surface area contributed by atoms with Crippen LogP contribution in [0.1, 0.15) is 90.4 Å². The largest absolute Gasteiger partial charge is 0.348 e. The first-order valence-electron chi connectivity index (χ1n) is 9.71. The van der Waals surface area contributed by atoms with E-state index >= 15 is 0 Å². The summed E-state index contributed by atoms with van der Waals surface area (Å²) in [6, 6.07) is 0. The average Bonchev–Trinajstić information content (AvgIpc) is 3.02. The zero-order valence-corrected chi connectivity index (χ0v) is 15.1. The number of hydrogen-bond acceptors (Lipinski definition) is 3. The fourth-order valence-corrected chi connectivity index (χ4v) is 3.25. The SMILES string of the molecule is CCCCCCCC1(CCCCCCCC=CC=O)OCCO1. The number of allylic oxidation sites excluding steroid dienone is 2. The van der Waals surface area contributed by atoms with E-state index in [0.29, 0.717) is 0 Å². The first kappa shape index (κ1) is 20.4. The normalized spacial score (nSPS) is 17.1. The Morgan fingerprint density at radius 2 is 1.39 bits per heavy atom. The monoisotopic (exact) mass is 324 g/mol. The fraction of sp³-hybridized carbons (Fsp3) is 0.850. The molecule has 1 heterocycles. The van der Waals surface area contributed by atoms with Gasteiger partial charge in [0.25, 0.3) is 0 Å². The Morgan fingerprint density at radius 1 is 0.826 bits per heavy atom. The van der Waals surface area contributed by atoms with Crippen LogP contribution in [0.25, 0.3) is 0 Å². The van der Waals surface area contributed by atoms with Gasteiger partial charge < -0.3 is 9.47 Å². The first-order valence-corrected chi connectivity index (χ1v) is 9.71. The van der Waals surface area contributed by atoms with Gasteiger partial charge >= 0.3 is 0 Å². The van der Waals surface area contributed by atoms with E-state index in [4.69, 9.17) is 9.47 Å². The molecule has 0 unspecified atom stereocenters. The maximum Gasteiger partial charge on any atom is 0.168 e. The summed E-state index contributed by atoms with van der Waals surface area (Å²) < 4.78 is 11.9. The minimum atomic E-state index is -0.265. The minimum absolute atomic E-state index is 0.265. The summed E-state index contributed by atoms with van der Waals surface area (Å²) in [7, 11) is 0. The summed E-state index contributed by atoms with van der Waals surface area (Å²) in [5.41, 5.74) is 0. The predicted octanol–water partition coefficient (Wildman–Crippen LogP) is 5.58. The van der Waals surface area contributed by atoms with Gasteiger partial charge in [-0.2, -0.15) is 0 Å². The lowest BCUT2D eigenvalue weighted by molar-refractivity contribution is -0.168. The zero-order valence-electron chi connectivity index (χ0n) is 15.1. The minimum Gasteiger partial charge on any atom is -0.348 e. The van der Waals surface area contributed by atoms with Gasteiger partial charge in [-0.15, -0.1) is 0 Å². The van der Waals surface area contributed by atoms with Gasteiger partial charge in [0.2, 0.25) is 0 Å². The quantitative estimate of drug-likeness (QED) is 0.224. The number of aldehydes is 1. The molecule has 3 heteroatoms. The van der Waals surface area contributed by atoms with E-state index in [2.05, 4.69) is 6.92 Å². The second kappa shape index (κ2) is 13.7. The molecule has 0 aromatic carbocycles. The fourth-order valence-electron chi connectivity index (χ4n) is 3.25. The van der Waals surface area contributed by atoms with Gasteiger partial charge in [0, 0.05) is 12.8 Å². The van der Waals surface area contributed by atoms with Crippen molar-refractivity contribution >= 4 is 6.29 Å². The molecule has 0 atom stereocenters. The molecular weight excluding hydrogens is 288 g/mol. The van der Waals surface area contributed by atoms with Gasteiger partial charge in [0.15, 0.2) is 5.79 Å². The van der Waals surface area contributed by atoms with Crippen molar-refractivity contribution in [2.75, 3.05) is 13.2 Å². The van der Waals surface area contributed by atoms with Crippen LogP contribution in [-0.4, -0.2) is 25.3 Å². The summed E-state index contributed by atoms with van der Waals surface area (Å²) >= 11 is 0. The molecule has 0 amide bonds. The smallest absolute Gasteiger partial charge is 0.168 e. The molecule has 1 fully saturated rings. The van der Waals surface area contributed by atoms with Crippen molar-refractivity contribution in [3.05, 3.63) is 12.2 Å². The summed E-state index contributed by atoms with van der Waals surface area (Å²) in [5, 5.41) is 0. The molecule has 0 bridgehead atoms. The maximum absolute atomic E-state index is 10.2. The molecule has 0 radical (unpaired) electrons. The summed E-state index contributed by atoms with van der Waals surface area (Å²) in [4.78, 5) is 10.2. The highest BCUT2D eigenvalue weighted by molar-refractivity contribution is 5.64. The molecule has 0 aromatic heterocycles. The lowest BCUT2D eigenvalue weighted by atomic mass is 9.99. The van der Waals surface area contributed by atoms with Crippen LogP contribution in [0.3, 0.4) is 0 Å². The van der Waals surface area contributed by atoms with Gasteiger partial charge in [-0.1, -0.05) is 57.9 Å². The molecule has 0 spiro atoms. The number of unbranched alkanes of at least 4 members (excludes halogenated alkanes) is 9. The van der Waals surface area contributed by atoms with E-state index in [0.717, 1.165) is 38.8 Å². The highest BCUT2D eigenvalue weighted by Crippen LogP contribution is 2.31. The van der Waals surface area contributed by atoms with Crippen molar-refractivity contribution in [1.82, 2.24) is 0 Å². The standard InChI is InChI=1S/C20H36O3/c1-2-3-4-9-12-15-20(22-18-19-23-20)16-13-10-7-5-6-8-11-14-17-21/h11,14,17H,2-10,12-13,15-16,18-19H2,1H3. The van der Waals surface area contributed by atoms with Crippen molar-refractivity contribution in [3.8, 4) is 0 Å². The van der Waals surface area contributed by atoms with Crippen LogP contribution in [-0.2, 0) is 14.3 Å². The third kappa shape index (κ3) is 9.93. The average molecular weight is 325 g/mol. The van der Waals surface area contributed by atoms with Crippen molar-refractivity contribution in [2.24, 2.45) is 0 Å². The van der Waals surface area contributed by atoms with E-state index in [9.17, 15) is 4.79 Å². The highest BCUT2D eigenvalue weighted by Gasteiger charge is 2.34. The van der Waals surface area contributed by atoms with Crippen LogP contribution >= 0.6 is 0 Å². The molecule has 1 rings (SSSR count). The lowest BCUT2D eigenvalue weighted by Crippen LogP contribution is -2.30. The van der Waals surface area contributed by atoms with Gasteiger partial charge in [0.1, 0.15) is 6.29 Å². The molecule has 0 aromatic rings. The van der Waals surface area contributed by atoms with E-state index in [1.54, 1.807) is 6.08 Å². The van der Waals surface area contributed by atoms with Crippen LogP contribution in [0.15, 0.2) is 12.2 Å². The third-order valence-electron chi connectivity index (χ3n) is 4.62. The summed E-state index contributed by atoms with van der Waals surface area (Å²) in [5.74, 6) is -0.265. The molecule has 0 aliphatic carbocycles. The Labute approximate surface area is 142 Å². The molecule has 1 aliphatic rings. The Balaban J connectivity index is 2.06. The molecule has 0 saturated carbocycles. The molecule has 1 aliphatic heterocycles. The van der Waals surface area contributed by atoms with E-state index in [-0.39, 0.29) is 5.79 Å². The van der Waals surface area contributed by atoms with E-state index < -0.39 is 0 Å². The molecule has 23 heavy (non-hydrogen) atoms. The van der Waals surface area contributed by atoms with Gasteiger partial charge in [-0.05, 0) is 31.8 Å². The highest BCUT2D eigenvalue weighted by atomic mass is 16.7. The van der Waals surface area contributed by atoms with Crippen molar-refractivity contribution in [1.29, 1.82) is 0 Å². The Bertz CT molecular complexity index is 306. The van der Waals surface area contributed by atoms with Crippen LogP contribution in [0.2, 0.25) is 0 Å². The van der Waals surface area contributed by atoms with Crippen molar-refractivity contribution in [2.45, 2.75) is 96.2 Å². The zero-order chi connectivity index (χ0) is 16.6. The van der Waals surface area contributed by atoms with Crippen molar-refractivity contribution in [3.63, 3.8) is 0 Å². The van der Waals surface area contributed by atoms with Gasteiger partial charge in [-0.3, -0.25) is 4.79 Å². The Hall–Kier alpha value is -0.670. The Kier molecular flexibility index (Phi) is 12.2. The first-order chi connectivity index (χ1) is 11.3. The molecule has 134 valence electrons. The summed E-state index contributed by atoms with van der Waals surface area (Å²) in [6.07, 6.45) is 20.2. The lowest BCUT2D eigenvalue weighted by Gasteiger charge is -2.27. The number of rotatable bonds is 15. The number of carbonyl (C=O) groups is 1. The van der Waals surface area contributed by atoms with Gasteiger partial charge in [-0.25, -0.2) is 0 Å². The Morgan fingerprint density at radius 3 is 2.00 bits per heavy atom. The van der Waals surface area contributed by atoms with Gasteiger partial charge in [0.05, 0.1) is 13.2 Å². The van der Waals surface area contributed by atoms with Crippen LogP contribution < -0.4 is 0 Å². The van der Waals surface area contributed by atoms with Crippen LogP contribution in [0, 0.1) is 0 Å². The second-order valence-electron chi connectivity index (χ2n) is 6.64. The van der Waals surface area contributed by atoms with E-state index in [1.807, 2.05) is 6.08 Å².